The van der Waals surface area contributed by atoms with Gasteiger partial charge in [0.15, 0.2) is 0 Å². The lowest BCUT2D eigenvalue weighted by atomic mass is 9.81. The molecule has 2 fully saturated rings. The lowest BCUT2D eigenvalue weighted by molar-refractivity contribution is -0.190. The topological polar surface area (TPSA) is 23.6 Å². The van der Waals surface area contributed by atoms with Crippen LogP contribution in [0.4, 0.5) is 0 Å². The molecule has 3 nitrogen and oxygen atoms in total. The summed E-state index contributed by atoms with van der Waals surface area (Å²) in [6, 6.07) is 0. The summed E-state index contributed by atoms with van der Waals surface area (Å²) in [5.74, 6) is 0.425. The van der Waals surface area contributed by atoms with Crippen molar-refractivity contribution in [3.05, 3.63) is 0 Å². The Bertz CT molecular complexity index is 283. The van der Waals surface area contributed by atoms with Gasteiger partial charge in [-0.05, 0) is 47.0 Å². The van der Waals surface area contributed by atoms with E-state index in [2.05, 4.69) is 37.7 Å². The Morgan fingerprint density at radius 2 is 1.41 bits per heavy atom. The lowest BCUT2D eigenvalue weighted by Crippen LogP contribution is -2.66. The van der Waals surface area contributed by atoms with Crippen LogP contribution >= 0.6 is 0 Å². The fourth-order valence-corrected chi connectivity index (χ4v) is 3.69. The van der Waals surface area contributed by atoms with Crippen LogP contribution in [0, 0.1) is 0 Å². The maximum Gasteiger partial charge on any atom is 0.135 e. The molecule has 0 N–H and O–H groups in total. The van der Waals surface area contributed by atoms with E-state index < -0.39 is 0 Å². The molecule has 0 saturated carbocycles. The third kappa shape index (κ3) is 2.55. The number of hydrogen-bond donors (Lipinski definition) is 0. The first-order valence-corrected chi connectivity index (χ1v) is 6.90. The number of hydrogen-bond acceptors (Lipinski definition) is 3. The first kappa shape index (κ1) is 13.0. The largest absolute Gasteiger partial charge is 0.300 e. The van der Waals surface area contributed by atoms with Crippen LogP contribution in [0.3, 0.4) is 0 Å². The molecule has 2 saturated heterocycles. The number of nitrogens with zero attached hydrogens (tertiary/aromatic N) is 2. The van der Waals surface area contributed by atoms with Crippen molar-refractivity contribution in [3.8, 4) is 0 Å². The smallest absolute Gasteiger partial charge is 0.135 e. The molecule has 2 aliphatic rings. The normalized spacial score (nSPS) is 30.5. The number of carbonyl (C=O) groups is 1. The van der Waals surface area contributed by atoms with Crippen molar-refractivity contribution in [1.82, 2.24) is 10.0 Å². The highest BCUT2D eigenvalue weighted by Gasteiger charge is 2.44. The molecule has 0 amide bonds. The van der Waals surface area contributed by atoms with Gasteiger partial charge in [-0.3, -0.25) is 4.79 Å². The average Bonchev–Trinajstić information content (AvgIpc) is 2.18. The predicted octanol–water partition coefficient (Wildman–Crippen LogP) is 2.61. The van der Waals surface area contributed by atoms with Gasteiger partial charge in [0, 0.05) is 37.0 Å². The van der Waals surface area contributed by atoms with Gasteiger partial charge < -0.3 is 0 Å². The van der Waals surface area contributed by atoms with E-state index in [0.717, 1.165) is 25.9 Å². The highest BCUT2D eigenvalue weighted by Crippen LogP contribution is 2.39. The lowest BCUT2D eigenvalue weighted by Gasteiger charge is -2.57. The van der Waals surface area contributed by atoms with Crippen LogP contribution in [0.25, 0.3) is 0 Å². The van der Waals surface area contributed by atoms with Gasteiger partial charge in [0.2, 0.25) is 0 Å². The van der Waals surface area contributed by atoms with Crippen LogP contribution in [0.5, 0.6) is 0 Å². The van der Waals surface area contributed by atoms with E-state index >= 15 is 0 Å². The summed E-state index contributed by atoms with van der Waals surface area (Å²) in [5.41, 5.74) is 0.449. The zero-order chi connectivity index (χ0) is 12.7. The summed E-state index contributed by atoms with van der Waals surface area (Å²) in [4.78, 5) is 11.4. The number of rotatable bonds is 1. The molecule has 0 bridgehead atoms. The molecule has 2 aliphatic heterocycles. The van der Waals surface area contributed by atoms with Gasteiger partial charge in [-0.15, -0.1) is 0 Å². The highest BCUT2D eigenvalue weighted by atomic mass is 16.1. The molecule has 0 spiro atoms. The van der Waals surface area contributed by atoms with E-state index in [1.54, 1.807) is 0 Å². The summed E-state index contributed by atoms with van der Waals surface area (Å²) < 4.78 is 0. The Labute approximate surface area is 105 Å². The van der Waals surface area contributed by atoms with Crippen LogP contribution in [-0.2, 0) is 4.79 Å². The minimum Gasteiger partial charge on any atom is -0.300 e. The van der Waals surface area contributed by atoms with Crippen molar-refractivity contribution >= 4 is 5.78 Å². The molecule has 2 heterocycles. The average molecular weight is 238 g/mol. The van der Waals surface area contributed by atoms with E-state index in [0.29, 0.717) is 5.78 Å². The Kier molecular flexibility index (Phi) is 3.34. The Morgan fingerprint density at radius 3 is 1.88 bits per heavy atom. The molecule has 2 rings (SSSR count). The monoisotopic (exact) mass is 238 g/mol. The first-order valence-electron chi connectivity index (χ1n) is 6.90. The molecule has 0 radical (unpaired) electrons. The van der Waals surface area contributed by atoms with Gasteiger partial charge in [0.25, 0.3) is 0 Å². The first-order chi connectivity index (χ1) is 7.83. The van der Waals surface area contributed by atoms with Crippen LogP contribution in [0.2, 0.25) is 0 Å². The van der Waals surface area contributed by atoms with Gasteiger partial charge in [-0.2, -0.15) is 0 Å². The Balaban J connectivity index is 2.17. The zero-order valence-corrected chi connectivity index (χ0v) is 11.8. The van der Waals surface area contributed by atoms with Crippen molar-refractivity contribution < 1.29 is 4.79 Å². The molecular formula is C14H26N2O. The van der Waals surface area contributed by atoms with Gasteiger partial charge in [-0.1, -0.05) is 0 Å². The zero-order valence-electron chi connectivity index (χ0n) is 11.8. The number of ketones is 1. The Hall–Kier alpha value is -0.410. The van der Waals surface area contributed by atoms with E-state index in [1.165, 1.54) is 19.3 Å². The second-order valence-corrected chi connectivity index (χ2v) is 6.78. The van der Waals surface area contributed by atoms with Crippen LogP contribution in [0.1, 0.15) is 59.8 Å². The second kappa shape index (κ2) is 4.36. The fourth-order valence-electron chi connectivity index (χ4n) is 3.69. The molecule has 0 unspecified atom stereocenters. The Morgan fingerprint density at radius 1 is 0.941 bits per heavy atom. The summed E-state index contributed by atoms with van der Waals surface area (Å²) in [7, 11) is 0. The maximum absolute atomic E-state index is 11.4. The third-order valence-corrected chi connectivity index (χ3v) is 4.30. The summed E-state index contributed by atoms with van der Waals surface area (Å²) >= 11 is 0. The fraction of sp³-hybridized carbons (Fsp3) is 0.929. The number of carbonyl (C=O) groups excluding carboxylic acids is 1. The molecule has 98 valence electrons. The summed E-state index contributed by atoms with van der Waals surface area (Å²) in [5, 5.41) is 5.00. The molecule has 3 heteroatoms. The van der Waals surface area contributed by atoms with Gasteiger partial charge in [-0.25, -0.2) is 10.0 Å². The van der Waals surface area contributed by atoms with E-state index in [1.807, 2.05) is 0 Å². The minimum atomic E-state index is 0.224. The SMILES string of the molecule is CC1(C)CCCC(C)(C)N1N1CCC(=O)CC1. The summed E-state index contributed by atoms with van der Waals surface area (Å²) in [6.07, 6.45) is 5.26. The molecule has 0 atom stereocenters. The third-order valence-electron chi connectivity index (χ3n) is 4.30. The predicted molar refractivity (Wildman–Crippen MR) is 69.7 cm³/mol. The standard InChI is InChI=1S/C14H26N2O/c1-13(2)8-5-9-14(3,4)16(13)15-10-6-12(17)7-11-15/h5-11H2,1-4H3. The molecule has 0 aromatic rings. The van der Waals surface area contributed by atoms with Crippen molar-refractivity contribution in [3.63, 3.8) is 0 Å². The molecule has 0 aromatic heterocycles. The van der Waals surface area contributed by atoms with Crippen molar-refractivity contribution in [1.29, 1.82) is 0 Å². The second-order valence-electron chi connectivity index (χ2n) is 6.78. The quantitative estimate of drug-likeness (QED) is 0.701. The molecule has 17 heavy (non-hydrogen) atoms. The van der Waals surface area contributed by atoms with Crippen molar-refractivity contribution in [2.75, 3.05) is 13.1 Å². The minimum absolute atomic E-state index is 0.224. The number of hydrazine groups is 1. The van der Waals surface area contributed by atoms with Crippen LogP contribution in [0.15, 0.2) is 0 Å². The van der Waals surface area contributed by atoms with Crippen LogP contribution in [-0.4, -0.2) is 40.0 Å². The van der Waals surface area contributed by atoms with Crippen molar-refractivity contribution in [2.24, 2.45) is 0 Å². The molecule has 0 aromatic carbocycles. The van der Waals surface area contributed by atoms with Gasteiger partial charge in [0.1, 0.15) is 5.78 Å². The van der Waals surface area contributed by atoms with Gasteiger partial charge >= 0.3 is 0 Å². The molecule has 0 aliphatic carbocycles. The van der Waals surface area contributed by atoms with E-state index in [-0.39, 0.29) is 11.1 Å². The molecular weight excluding hydrogens is 212 g/mol. The highest BCUT2D eigenvalue weighted by molar-refractivity contribution is 5.79. The van der Waals surface area contributed by atoms with Crippen LogP contribution < -0.4 is 0 Å². The number of piperidine rings is 2. The summed E-state index contributed by atoms with van der Waals surface area (Å²) in [6.45, 7) is 11.2. The van der Waals surface area contributed by atoms with Crippen molar-refractivity contribution in [2.45, 2.75) is 70.9 Å². The van der Waals surface area contributed by atoms with Gasteiger partial charge in [0.05, 0.1) is 0 Å². The van der Waals surface area contributed by atoms with E-state index in [4.69, 9.17) is 0 Å². The number of Topliss-reactive ketones (excluding diaryl/α,β-unsaturated/α-hetero) is 1. The van der Waals surface area contributed by atoms with E-state index in [9.17, 15) is 4.79 Å². The maximum atomic E-state index is 11.4.